The summed E-state index contributed by atoms with van der Waals surface area (Å²) in [5.74, 6) is -0.361. The van der Waals surface area contributed by atoms with Crippen LogP contribution in [0.1, 0.15) is 42.4 Å². The first-order valence-electron chi connectivity index (χ1n) is 7.31. The maximum atomic E-state index is 12.0. The maximum Gasteiger partial charge on any atom is 0.264 e. The molecule has 0 aliphatic rings. The van der Waals surface area contributed by atoms with E-state index < -0.39 is 17.0 Å². The lowest BCUT2D eigenvalue weighted by Gasteiger charge is -2.10. The highest BCUT2D eigenvalue weighted by atomic mass is 16.3. The number of nitrogens with one attached hydrogen (secondary N) is 1. The summed E-state index contributed by atoms with van der Waals surface area (Å²) in [5.41, 5.74) is -0.0677. The number of carbonyl (C=O) groups is 2. The lowest BCUT2D eigenvalue weighted by molar-refractivity contribution is -0.104. The summed E-state index contributed by atoms with van der Waals surface area (Å²) < 4.78 is 1.24. The molecule has 7 nitrogen and oxygen atoms in total. The van der Waals surface area contributed by atoms with Crippen LogP contribution in [0.25, 0.3) is 6.08 Å². The molecule has 0 fully saturated rings. The molecule has 0 unspecified atom stereocenters. The third kappa shape index (κ3) is 4.91. The van der Waals surface area contributed by atoms with Crippen molar-refractivity contribution in [3.8, 4) is 5.88 Å². The molecule has 1 aromatic rings. The Hall–Kier alpha value is -2.70. The van der Waals surface area contributed by atoms with Gasteiger partial charge in [-0.15, -0.1) is 0 Å². The minimum Gasteiger partial charge on any atom is -0.493 e. The second kappa shape index (κ2) is 8.67. The standard InChI is InChI=1S/C16H21N3O4/c1-4-14-12(6-5-7-20)8-17-15(22)13(10-21)16(23)19(18-14)9-11(2)3/h5-8,10-11,23H,4,9H2,1-3H3,(H,17,22)/b6-5+,12-8?,16-13?,18-14?. The molecule has 1 rings (SSSR count). The number of aldehydes is 2. The van der Waals surface area contributed by atoms with Crippen molar-refractivity contribution in [3.63, 3.8) is 0 Å². The van der Waals surface area contributed by atoms with Crippen molar-refractivity contribution in [1.82, 2.24) is 14.8 Å². The molecule has 1 aromatic heterocycles. The van der Waals surface area contributed by atoms with Crippen molar-refractivity contribution in [2.24, 2.45) is 5.92 Å². The van der Waals surface area contributed by atoms with Crippen LogP contribution >= 0.6 is 0 Å². The minimum absolute atomic E-state index is 0.133. The van der Waals surface area contributed by atoms with E-state index in [1.165, 1.54) is 23.0 Å². The van der Waals surface area contributed by atoms with Gasteiger partial charge in [0.05, 0.1) is 5.69 Å². The van der Waals surface area contributed by atoms with Gasteiger partial charge in [-0.2, -0.15) is 5.10 Å². The Labute approximate surface area is 134 Å². The van der Waals surface area contributed by atoms with Gasteiger partial charge in [0.15, 0.2) is 6.29 Å². The topological polar surface area (TPSA) is 105 Å². The van der Waals surface area contributed by atoms with Crippen LogP contribution in [0.4, 0.5) is 0 Å². The van der Waals surface area contributed by atoms with E-state index in [1.807, 2.05) is 20.8 Å². The largest absolute Gasteiger partial charge is 0.493 e. The number of nitrogens with zero attached hydrogens (tertiary/aromatic N) is 2. The third-order valence-electron chi connectivity index (χ3n) is 3.01. The summed E-state index contributed by atoms with van der Waals surface area (Å²) in [4.78, 5) is 36.2. The average molecular weight is 319 g/mol. The Kier molecular flexibility index (Phi) is 6.92. The monoisotopic (exact) mass is 319 g/mol. The van der Waals surface area contributed by atoms with Gasteiger partial charge in [0, 0.05) is 18.3 Å². The maximum absolute atomic E-state index is 12.0. The van der Waals surface area contributed by atoms with Crippen LogP contribution in [0.2, 0.25) is 0 Å². The molecular formula is C16H21N3O4. The molecule has 0 aliphatic heterocycles. The van der Waals surface area contributed by atoms with Crippen molar-refractivity contribution in [2.45, 2.75) is 33.7 Å². The van der Waals surface area contributed by atoms with E-state index in [0.29, 0.717) is 36.8 Å². The number of hydrogen-bond donors (Lipinski definition) is 2. The summed E-state index contributed by atoms with van der Waals surface area (Å²) in [6.07, 6.45) is 5.55. The van der Waals surface area contributed by atoms with Gasteiger partial charge in [0.25, 0.3) is 5.56 Å². The number of hydrogen-bond acceptors (Lipinski definition) is 5. The fourth-order valence-corrected chi connectivity index (χ4v) is 1.94. The van der Waals surface area contributed by atoms with Crippen LogP contribution in [-0.4, -0.2) is 32.4 Å². The Morgan fingerprint density at radius 2 is 2.09 bits per heavy atom. The average Bonchev–Trinajstić information content (AvgIpc) is 2.55. The van der Waals surface area contributed by atoms with Crippen LogP contribution in [0.15, 0.2) is 17.1 Å². The van der Waals surface area contributed by atoms with Gasteiger partial charge in [-0.05, 0) is 24.5 Å². The number of aromatic nitrogens is 3. The molecule has 7 heteroatoms. The number of allylic oxidation sites excluding steroid dienone is 1. The van der Waals surface area contributed by atoms with Crippen molar-refractivity contribution in [1.29, 1.82) is 0 Å². The first kappa shape index (κ1) is 18.3. The van der Waals surface area contributed by atoms with Gasteiger partial charge in [-0.3, -0.25) is 14.4 Å². The van der Waals surface area contributed by atoms with Crippen LogP contribution in [0.5, 0.6) is 5.88 Å². The number of rotatable bonds is 6. The molecule has 1 heterocycles. The van der Waals surface area contributed by atoms with Crippen molar-refractivity contribution in [3.05, 3.63) is 39.4 Å². The number of carbonyl (C=O) groups excluding carboxylic acids is 2. The molecule has 0 amide bonds. The summed E-state index contributed by atoms with van der Waals surface area (Å²) in [7, 11) is 0. The molecule has 0 saturated heterocycles. The predicted molar refractivity (Wildman–Crippen MR) is 86.8 cm³/mol. The molecule has 0 spiro atoms. The molecule has 0 radical (unpaired) electrons. The van der Waals surface area contributed by atoms with Crippen LogP contribution in [0.3, 0.4) is 0 Å². The first-order chi connectivity index (χ1) is 10.9. The molecule has 23 heavy (non-hydrogen) atoms. The molecule has 2 N–H and O–H groups in total. The SMILES string of the molecule is CCc1nn(CC(C)C)c(O)c(C=O)c(=O)[nH]cc1/C=C/C=O. The van der Waals surface area contributed by atoms with Crippen molar-refractivity contribution >= 4 is 18.6 Å². The zero-order valence-electron chi connectivity index (χ0n) is 13.4. The second-order valence-electron chi connectivity index (χ2n) is 5.30. The smallest absolute Gasteiger partial charge is 0.264 e. The van der Waals surface area contributed by atoms with Crippen LogP contribution in [-0.2, 0) is 17.8 Å². The summed E-state index contributed by atoms with van der Waals surface area (Å²) in [6, 6.07) is 0. The van der Waals surface area contributed by atoms with E-state index in [1.54, 1.807) is 0 Å². The molecule has 0 aliphatic carbocycles. The van der Waals surface area contributed by atoms with E-state index in [4.69, 9.17) is 0 Å². The summed E-state index contributed by atoms with van der Waals surface area (Å²) >= 11 is 0. The number of aromatic hydroxyl groups is 1. The molecule has 0 bridgehead atoms. The zero-order chi connectivity index (χ0) is 17.4. The summed E-state index contributed by atoms with van der Waals surface area (Å²) in [5, 5.41) is 14.6. The zero-order valence-corrected chi connectivity index (χ0v) is 13.4. The molecule has 0 saturated carbocycles. The Balaban J connectivity index is 3.91. The Morgan fingerprint density at radius 3 is 2.61 bits per heavy atom. The number of aryl methyl sites for hydroxylation is 1. The number of H-pyrrole nitrogens is 1. The molecular weight excluding hydrogens is 298 g/mol. The second-order valence-corrected chi connectivity index (χ2v) is 5.30. The lowest BCUT2D eigenvalue weighted by atomic mass is 10.2. The van der Waals surface area contributed by atoms with Crippen LogP contribution < -0.4 is 5.56 Å². The van der Waals surface area contributed by atoms with E-state index in [0.717, 1.165) is 0 Å². The fraction of sp³-hybridized carbons (Fsp3) is 0.375. The molecule has 0 aromatic carbocycles. The lowest BCUT2D eigenvalue weighted by Crippen LogP contribution is -2.14. The minimum atomic E-state index is -0.740. The normalized spacial score (nSPS) is 10.8. The van der Waals surface area contributed by atoms with Gasteiger partial charge >= 0.3 is 0 Å². The van der Waals surface area contributed by atoms with E-state index in [-0.39, 0.29) is 5.92 Å². The van der Waals surface area contributed by atoms with Gasteiger partial charge in [-0.1, -0.05) is 20.8 Å². The quantitative estimate of drug-likeness (QED) is 0.612. The Bertz CT molecular complexity index is 713. The van der Waals surface area contributed by atoms with Crippen molar-refractivity contribution in [2.75, 3.05) is 0 Å². The number of aromatic amines is 1. The highest BCUT2D eigenvalue weighted by Gasteiger charge is 2.10. The third-order valence-corrected chi connectivity index (χ3v) is 3.01. The van der Waals surface area contributed by atoms with Crippen molar-refractivity contribution < 1.29 is 14.7 Å². The van der Waals surface area contributed by atoms with E-state index >= 15 is 0 Å². The molecule has 0 atom stereocenters. The predicted octanol–water partition coefficient (Wildman–Crippen LogP) is 1.64. The van der Waals surface area contributed by atoms with Gasteiger partial charge in [0.1, 0.15) is 11.8 Å². The highest BCUT2D eigenvalue weighted by Crippen LogP contribution is 2.13. The molecule has 124 valence electrons. The fourth-order valence-electron chi connectivity index (χ4n) is 1.94. The summed E-state index contributed by atoms with van der Waals surface area (Å²) in [6.45, 7) is 6.02. The van der Waals surface area contributed by atoms with E-state index in [2.05, 4.69) is 10.1 Å². The first-order valence-corrected chi connectivity index (χ1v) is 7.31. The van der Waals surface area contributed by atoms with Gasteiger partial charge < -0.3 is 10.1 Å². The van der Waals surface area contributed by atoms with Gasteiger partial charge in [-0.25, -0.2) is 4.68 Å². The van der Waals surface area contributed by atoms with Gasteiger partial charge in [0.2, 0.25) is 5.88 Å². The Morgan fingerprint density at radius 1 is 1.39 bits per heavy atom. The van der Waals surface area contributed by atoms with Crippen LogP contribution in [0, 0.1) is 5.92 Å². The van der Waals surface area contributed by atoms with E-state index in [9.17, 15) is 19.5 Å². The highest BCUT2D eigenvalue weighted by molar-refractivity contribution is 5.77.